The van der Waals surface area contributed by atoms with Crippen molar-refractivity contribution in [1.29, 1.82) is 0 Å². The van der Waals surface area contributed by atoms with Gasteiger partial charge in [-0.05, 0) is 19.1 Å². The zero-order valence-corrected chi connectivity index (χ0v) is 9.11. The van der Waals surface area contributed by atoms with Crippen molar-refractivity contribution < 1.29 is 8.78 Å². The first-order valence-electron chi connectivity index (χ1n) is 4.64. The maximum atomic E-state index is 12.8. The van der Waals surface area contributed by atoms with Gasteiger partial charge in [0.15, 0.2) is 0 Å². The average molecular weight is 228 g/mol. The van der Waals surface area contributed by atoms with Crippen LogP contribution in [0.15, 0.2) is 30.2 Å². The molecule has 88 valence electrons. The predicted octanol–water partition coefficient (Wildman–Crippen LogP) is 1.45. The number of alkyl halides is 2. The lowest BCUT2D eigenvalue weighted by Gasteiger charge is -2.11. The van der Waals surface area contributed by atoms with Gasteiger partial charge in [0.2, 0.25) is 0 Å². The SMILES string of the molecule is Cc1ccn(C(/C=C(\N)C(C)(F)F)=C/N)n1. The van der Waals surface area contributed by atoms with Crippen LogP contribution in [-0.2, 0) is 0 Å². The van der Waals surface area contributed by atoms with Gasteiger partial charge in [-0.2, -0.15) is 5.10 Å². The molecular weight excluding hydrogens is 214 g/mol. The highest BCUT2D eigenvalue weighted by atomic mass is 19.3. The largest absolute Gasteiger partial charge is 0.403 e. The molecule has 0 unspecified atom stereocenters. The molecule has 0 aliphatic carbocycles. The van der Waals surface area contributed by atoms with Crippen molar-refractivity contribution in [3.8, 4) is 0 Å². The lowest BCUT2D eigenvalue weighted by atomic mass is 10.2. The van der Waals surface area contributed by atoms with Gasteiger partial charge in [-0.1, -0.05) is 0 Å². The van der Waals surface area contributed by atoms with Gasteiger partial charge in [0.05, 0.1) is 17.1 Å². The molecule has 0 bridgehead atoms. The maximum absolute atomic E-state index is 12.8. The first-order chi connectivity index (χ1) is 7.34. The van der Waals surface area contributed by atoms with Crippen molar-refractivity contribution >= 4 is 5.70 Å². The molecule has 16 heavy (non-hydrogen) atoms. The highest BCUT2D eigenvalue weighted by Gasteiger charge is 2.25. The summed E-state index contributed by atoms with van der Waals surface area (Å²) < 4.78 is 27.1. The highest BCUT2D eigenvalue weighted by Crippen LogP contribution is 2.20. The lowest BCUT2D eigenvalue weighted by Crippen LogP contribution is -2.21. The summed E-state index contributed by atoms with van der Waals surface area (Å²) in [5.74, 6) is -3.07. The third-order valence-corrected chi connectivity index (χ3v) is 1.97. The highest BCUT2D eigenvalue weighted by molar-refractivity contribution is 5.57. The zero-order chi connectivity index (χ0) is 12.3. The number of nitrogens with two attached hydrogens (primary N) is 2. The maximum Gasteiger partial charge on any atom is 0.284 e. The molecule has 0 fully saturated rings. The van der Waals surface area contributed by atoms with Crippen LogP contribution in [0.5, 0.6) is 0 Å². The summed E-state index contributed by atoms with van der Waals surface area (Å²) in [5.41, 5.74) is 11.1. The van der Waals surface area contributed by atoms with E-state index in [4.69, 9.17) is 11.5 Å². The minimum Gasteiger partial charge on any atom is -0.403 e. The molecule has 6 heteroatoms. The van der Waals surface area contributed by atoms with E-state index in [1.165, 1.54) is 10.9 Å². The van der Waals surface area contributed by atoms with E-state index in [9.17, 15) is 8.78 Å². The van der Waals surface area contributed by atoms with Gasteiger partial charge in [0, 0.05) is 19.3 Å². The number of hydrogen-bond donors (Lipinski definition) is 2. The summed E-state index contributed by atoms with van der Waals surface area (Å²) in [6.07, 6.45) is 3.89. The van der Waals surface area contributed by atoms with Crippen molar-refractivity contribution in [2.24, 2.45) is 11.5 Å². The van der Waals surface area contributed by atoms with Gasteiger partial charge < -0.3 is 11.5 Å². The number of hydrogen-bond acceptors (Lipinski definition) is 3. The summed E-state index contributed by atoms with van der Waals surface area (Å²) in [6, 6.07) is 1.73. The summed E-state index contributed by atoms with van der Waals surface area (Å²) >= 11 is 0. The molecule has 0 aliphatic rings. The Morgan fingerprint density at radius 3 is 2.56 bits per heavy atom. The number of rotatable bonds is 3. The smallest absolute Gasteiger partial charge is 0.284 e. The quantitative estimate of drug-likeness (QED) is 0.769. The van der Waals surface area contributed by atoms with Gasteiger partial charge in [-0.25, -0.2) is 13.5 Å². The van der Waals surface area contributed by atoms with Crippen molar-refractivity contribution in [1.82, 2.24) is 9.78 Å². The summed E-state index contributed by atoms with van der Waals surface area (Å²) in [6.45, 7) is 2.51. The minimum atomic E-state index is -3.07. The third-order valence-electron chi connectivity index (χ3n) is 1.97. The van der Waals surface area contributed by atoms with Crippen LogP contribution in [0.2, 0.25) is 0 Å². The van der Waals surface area contributed by atoms with Crippen LogP contribution in [0, 0.1) is 6.92 Å². The van der Waals surface area contributed by atoms with Crippen molar-refractivity contribution in [2.75, 3.05) is 0 Å². The molecule has 0 atom stereocenters. The van der Waals surface area contributed by atoms with E-state index in [1.54, 1.807) is 19.2 Å². The van der Waals surface area contributed by atoms with Crippen LogP contribution in [0.25, 0.3) is 5.70 Å². The first kappa shape index (κ1) is 12.2. The summed E-state index contributed by atoms with van der Waals surface area (Å²) in [7, 11) is 0. The molecule has 0 saturated carbocycles. The standard InChI is InChI=1S/C10H14F2N4/c1-7-3-4-16(15-7)8(6-13)5-9(14)10(2,11)12/h3-6H,13-14H2,1-2H3/b8-6+,9-5-. The van der Waals surface area contributed by atoms with Crippen LogP contribution in [0.4, 0.5) is 8.78 Å². The van der Waals surface area contributed by atoms with E-state index in [1.807, 2.05) is 0 Å². The number of nitrogens with zero attached hydrogens (tertiary/aromatic N) is 2. The molecular formula is C10H14F2N4. The van der Waals surface area contributed by atoms with Crippen LogP contribution >= 0.6 is 0 Å². The Kier molecular flexibility index (Phi) is 3.31. The Morgan fingerprint density at radius 1 is 1.56 bits per heavy atom. The molecule has 0 spiro atoms. The van der Waals surface area contributed by atoms with Crippen LogP contribution in [0.3, 0.4) is 0 Å². The fourth-order valence-electron chi connectivity index (χ4n) is 1.04. The van der Waals surface area contributed by atoms with E-state index in [2.05, 4.69) is 5.10 Å². The van der Waals surface area contributed by atoms with Gasteiger partial charge in [0.25, 0.3) is 5.92 Å². The molecule has 1 heterocycles. The van der Waals surface area contributed by atoms with Gasteiger partial charge >= 0.3 is 0 Å². The minimum absolute atomic E-state index is 0.298. The monoisotopic (exact) mass is 228 g/mol. The Hall–Kier alpha value is -1.85. The molecule has 0 saturated heterocycles. The van der Waals surface area contributed by atoms with E-state index < -0.39 is 11.6 Å². The third kappa shape index (κ3) is 2.82. The van der Waals surface area contributed by atoms with Crippen LogP contribution < -0.4 is 11.5 Å². The normalized spacial score (nSPS) is 14.2. The Morgan fingerprint density at radius 2 is 2.19 bits per heavy atom. The lowest BCUT2D eigenvalue weighted by molar-refractivity contribution is 0.0618. The topological polar surface area (TPSA) is 69.9 Å². The molecule has 4 nitrogen and oxygen atoms in total. The van der Waals surface area contributed by atoms with E-state index in [0.29, 0.717) is 5.70 Å². The van der Waals surface area contributed by atoms with Crippen molar-refractivity contribution in [2.45, 2.75) is 19.8 Å². The fraction of sp³-hybridized carbons (Fsp3) is 0.300. The molecule has 0 amide bonds. The second-order valence-corrected chi connectivity index (χ2v) is 3.48. The van der Waals surface area contributed by atoms with Gasteiger partial charge in [0.1, 0.15) is 0 Å². The van der Waals surface area contributed by atoms with Crippen LogP contribution in [0.1, 0.15) is 12.6 Å². The number of aryl methyl sites for hydroxylation is 1. The number of allylic oxidation sites excluding steroid dienone is 3. The zero-order valence-electron chi connectivity index (χ0n) is 9.11. The molecule has 1 aromatic rings. The van der Waals surface area contributed by atoms with Crippen molar-refractivity contribution in [3.05, 3.63) is 35.9 Å². The Labute approximate surface area is 92.2 Å². The predicted molar refractivity (Wildman–Crippen MR) is 58.3 cm³/mol. The van der Waals surface area contributed by atoms with E-state index >= 15 is 0 Å². The second-order valence-electron chi connectivity index (χ2n) is 3.48. The van der Waals surface area contributed by atoms with E-state index in [-0.39, 0.29) is 0 Å². The van der Waals surface area contributed by atoms with Crippen molar-refractivity contribution in [3.63, 3.8) is 0 Å². The number of aromatic nitrogens is 2. The molecule has 1 aromatic heterocycles. The average Bonchev–Trinajstić information content (AvgIpc) is 2.59. The molecule has 4 N–H and O–H groups in total. The summed E-state index contributed by atoms with van der Waals surface area (Å²) in [5, 5.41) is 4.04. The first-order valence-corrected chi connectivity index (χ1v) is 4.64. The summed E-state index contributed by atoms with van der Waals surface area (Å²) in [4.78, 5) is 0. The van der Waals surface area contributed by atoms with Crippen LogP contribution in [-0.4, -0.2) is 15.7 Å². The molecule has 0 radical (unpaired) electrons. The Balaban J connectivity index is 3.03. The molecule has 0 aliphatic heterocycles. The molecule has 1 rings (SSSR count). The fourth-order valence-corrected chi connectivity index (χ4v) is 1.04. The number of halogens is 2. The van der Waals surface area contributed by atoms with Gasteiger partial charge in [-0.15, -0.1) is 0 Å². The molecule has 0 aromatic carbocycles. The van der Waals surface area contributed by atoms with E-state index in [0.717, 1.165) is 18.7 Å². The van der Waals surface area contributed by atoms with Gasteiger partial charge in [-0.3, -0.25) is 0 Å². The Bertz CT molecular complexity index is 426. The second kappa shape index (κ2) is 4.34.